The lowest BCUT2D eigenvalue weighted by atomic mass is 10.2. The largest absolute Gasteiger partial charge is 0.452 e. The number of rotatable bonds is 6. The van der Waals surface area contributed by atoms with Crippen LogP contribution in [0.5, 0.6) is 0 Å². The molecule has 0 unspecified atom stereocenters. The van der Waals surface area contributed by atoms with Crippen LogP contribution in [0.2, 0.25) is 10.2 Å². The van der Waals surface area contributed by atoms with Gasteiger partial charge in [0.15, 0.2) is 6.61 Å². The van der Waals surface area contributed by atoms with Crippen LogP contribution in [0.4, 0.5) is 10.1 Å². The van der Waals surface area contributed by atoms with E-state index < -0.39 is 24.3 Å². The van der Waals surface area contributed by atoms with Crippen molar-refractivity contribution in [3.63, 3.8) is 0 Å². The van der Waals surface area contributed by atoms with Crippen LogP contribution in [0.1, 0.15) is 16.1 Å². The number of hydrogen-bond donors (Lipinski definition) is 1. The number of ether oxygens (including phenoxy) is 1. The summed E-state index contributed by atoms with van der Waals surface area (Å²) in [5.41, 5.74) is 1.63. The molecule has 0 aliphatic carbocycles. The fourth-order valence-electron chi connectivity index (χ4n) is 3.01. The lowest BCUT2D eigenvalue weighted by Gasteiger charge is -2.11. The molecular weight excluding hydrogens is 474 g/mol. The molecule has 2 aromatic carbocycles. The number of carbonyl (C=O) groups is 2. The third-order valence-corrected chi connectivity index (χ3v) is 5.10. The standard InChI is InChI=1S/C21H15Cl2FN6O3/c1-12-19(20(23)30(28-12)15-5-3-14(24)4-6-15)21(32)33-9-18(31)27-16-8-13(22)2-7-17(16)29-11-25-10-26-29/h2-8,10-11H,9H2,1H3,(H,27,31). The van der Waals surface area contributed by atoms with Crippen molar-refractivity contribution >= 4 is 40.8 Å². The summed E-state index contributed by atoms with van der Waals surface area (Å²) in [6.45, 7) is 0.985. The van der Waals surface area contributed by atoms with Gasteiger partial charge in [-0.15, -0.1) is 0 Å². The Labute approximate surface area is 196 Å². The number of aromatic nitrogens is 5. The van der Waals surface area contributed by atoms with Gasteiger partial charge in [-0.1, -0.05) is 23.2 Å². The monoisotopic (exact) mass is 488 g/mol. The van der Waals surface area contributed by atoms with Crippen LogP contribution in [-0.4, -0.2) is 43.0 Å². The molecule has 0 aliphatic heterocycles. The molecule has 1 amide bonds. The fraction of sp³-hybridized carbons (Fsp3) is 0.0952. The van der Waals surface area contributed by atoms with E-state index in [0.717, 1.165) is 0 Å². The molecular formula is C21H15Cl2FN6O3. The first kappa shape index (κ1) is 22.4. The van der Waals surface area contributed by atoms with E-state index in [1.165, 1.54) is 52.4 Å². The van der Waals surface area contributed by atoms with Gasteiger partial charge in [0, 0.05) is 5.02 Å². The molecule has 4 rings (SSSR count). The summed E-state index contributed by atoms with van der Waals surface area (Å²) in [6, 6.07) is 10.3. The Hall–Kier alpha value is -3.76. The SMILES string of the molecule is Cc1nn(-c2ccc(F)cc2)c(Cl)c1C(=O)OCC(=O)Nc1cc(Cl)ccc1-n1cncn1. The van der Waals surface area contributed by atoms with Crippen molar-refractivity contribution in [3.05, 3.63) is 82.4 Å². The molecule has 0 bridgehead atoms. The summed E-state index contributed by atoms with van der Waals surface area (Å²) in [5.74, 6) is -1.86. The third-order valence-electron chi connectivity index (χ3n) is 4.51. The molecule has 1 N–H and O–H groups in total. The van der Waals surface area contributed by atoms with Crippen molar-refractivity contribution in [2.45, 2.75) is 6.92 Å². The predicted octanol–water partition coefficient (Wildman–Crippen LogP) is 4.00. The van der Waals surface area contributed by atoms with Crippen molar-refractivity contribution in [2.75, 3.05) is 11.9 Å². The molecule has 0 saturated carbocycles. The Morgan fingerprint density at radius 2 is 1.91 bits per heavy atom. The molecule has 168 valence electrons. The second-order valence-electron chi connectivity index (χ2n) is 6.77. The molecule has 0 spiro atoms. The van der Waals surface area contributed by atoms with Gasteiger partial charge in [-0.2, -0.15) is 10.2 Å². The van der Waals surface area contributed by atoms with Crippen LogP contribution in [0, 0.1) is 12.7 Å². The lowest BCUT2D eigenvalue weighted by molar-refractivity contribution is -0.119. The molecule has 12 heteroatoms. The quantitative estimate of drug-likeness (QED) is 0.411. The lowest BCUT2D eigenvalue weighted by Crippen LogP contribution is -2.22. The number of amides is 1. The zero-order chi connectivity index (χ0) is 23.5. The molecule has 9 nitrogen and oxygen atoms in total. The summed E-state index contributed by atoms with van der Waals surface area (Å²) in [6.07, 6.45) is 2.81. The number of nitrogens with zero attached hydrogens (tertiary/aromatic N) is 5. The van der Waals surface area contributed by atoms with Crippen LogP contribution in [0.25, 0.3) is 11.4 Å². The molecule has 2 heterocycles. The molecule has 0 saturated heterocycles. The van der Waals surface area contributed by atoms with E-state index in [4.69, 9.17) is 27.9 Å². The number of benzene rings is 2. The average molecular weight is 489 g/mol. The highest BCUT2D eigenvalue weighted by Crippen LogP contribution is 2.26. The number of hydrogen-bond acceptors (Lipinski definition) is 6. The molecule has 4 aromatic rings. The Morgan fingerprint density at radius 3 is 2.61 bits per heavy atom. The van der Waals surface area contributed by atoms with E-state index in [9.17, 15) is 14.0 Å². The smallest absolute Gasteiger partial charge is 0.343 e. The minimum Gasteiger partial charge on any atom is -0.452 e. The Bertz CT molecular complexity index is 1320. The summed E-state index contributed by atoms with van der Waals surface area (Å²) in [4.78, 5) is 28.9. The van der Waals surface area contributed by atoms with Gasteiger partial charge in [0.2, 0.25) is 0 Å². The van der Waals surface area contributed by atoms with Crippen molar-refractivity contribution in [1.29, 1.82) is 0 Å². The predicted molar refractivity (Wildman–Crippen MR) is 119 cm³/mol. The van der Waals surface area contributed by atoms with E-state index in [-0.39, 0.29) is 16.4 Å². The minimum absolute atomic E-state index is 0.000137. The topological polar surface area (TPSA) is 104 Å². The van der Waals surface area contributed by atoms with E-state index >= 15 is 0 Å². The first-order chi connectivity index (χ1) is 15.8. The Morgan fingerprint density at radius 1 is 1.15 bits per heavy atom. The van der Waals surface area contributed by atoms with Crippen molar-refractivity contribution in [3.8, 4) is 11.4 Å². The molecule has 0 radical (unpaired) electrons. The summed E-state index contributed by atoms with van der Waals surface area (Å²) in [5, 5.41) is 11.2. The first-order valence-electron chi connectivity index (χ1n) is 9.46. The van der Waals surface area contributed by atoms with Crippen LogP contribution in [0.3, 0.4) is 0 Å². The number of aryl methyl sites for hydroxylation is 1. The van der Waals surface area contributed by atoms with Crippen molar-refractivity contribution in [1.82, 2.24) is 24.5 Å². The van der Waals surface area contributed by atoms with Gasteiger partial charge in [-0.25, -0.2) is 23.5 Å². The van der Waals surface area contributed by atoms with Gasteiger partial charge in [0.25, 0.3) is 5.91 Å². The fourth-order valence-corrected chi connectivity index (χ4v) is 3.54. The van der Waals surface area contributed by atoms with Gasteiger partial charge < -0.3 is 10.1 Å². The number of halogens is 3. The summed E-state index contributed by atoms with van der Waals surface area (Å²) in [7, 11) is 0. The van der Waals surface area contributed by atoms with Gasteiger partial charge in [-0.05, 0) is 49.4 Å². The van der Waals surface area contributed by atoms with Crippen LogP contribution < -0.4 is 5.32 Å². The van der Waals surface area contributed by atoms with E-state index in [2.05, 4.69) is 20.5 Å². The van der Waals surface area contributed by atoms with Gasteiger partial charge in [0.05, 0.1) is 22.8 Å². The normalized spacial score (nSPS) is 10.8. The Kier molecular flexibility index (Phi) is 6.38. The van der Waals surface area contributed by atoms with Gasteiger partial charge in [-0.3, -0.25) is 4.79 Å². The van der Waals surface area contributed by atoms with E-state index in [1.807, 2.05) is 0 Å². The summed E-state index contributed by atoms with van der Waals surface area (Å²) >= 11 is 12.4. The van der Waals surface area contributed by atoms with Crippen LogP contribution in [-0.2, 0) is 9.53 Å². The van der Waals surface area contributed by atoms with Gasteiger partial charge >= 0.3 is 5.97 Å². The first-order valence-corrected chi connectivity index (χ1v) is 10.2. The number of esters is 1. The maximum Gasteiger partial charge on any atom is 0.343 e. The molecule has 0 aliphatic rings. The molecule has 2 aromatic heterocycles. The molecule has 0 atom stereocenters. The Balaban J connectivity index is 1.46. The number of carbonyl (C=O) groups excluding carboxylic acids is 2. The van der Waals surface area contributed by atoms with Crippen LogP contribution in [0.15, 0.2) is 55.1 Å². The highest BCUT2D eigenvalue weighted by Gasteiger charge is 2.23. The van der Waals surface area contributed by atoms with Crippen molar-refractivity contribution < 1.29 is 18.7 Å². The summed E-state index contributed by atoms with van der Waals surface area (Å²) < 4.78 is 21.1. The highest BCUT2D eigenvalue weighted by atomic mass is 35.5. The van der Waals surface area contributed by atoms with E-state index in [1.54, 1.807) is 19.1 Å². The second-order valence-corrected chi connectivity index (χ2v) is 7.56. The zero-order valence-electron chi connectivity index (χ0n) is 17.0. The molecule has 33 heavy (non-hydrogen) atoms. The van der Waals surface area contributed by atoms with Crippen LogP contribution >= 0.6 is 23.2 Å². The zero-order valence-corrected chi connectivity index (χ0v) is 18.5. The maximum absolute atomic E-state index is 13.2. The van der Waals surface area contributed by atoms with Gasteiger partial charge in [0.1, 0.15) is 29.2 Å². The number of nitrogens with one attached hydrogen (secondary N) is 1. The third kappa shape index (κ3) is 4.86. The second kappa shape index (κ2) is 9.39. The van der Waals surface area contributed by atoms with Crippen molar-refractivity contribution in [2.24, 2.45) is 0 Å². The number of anilines is 1. The van der Waals surface area contributed by atoms with E-state index in [0.29, 0.717) is 22.1 Å². The minimum atomic E-state index is -0.830. The molecule has 0 fully saturated rings. The highest BCUT2D eigenvalue weighted by molar-refractivity contribution is 6.33. The maximum atomic E-state index is 13.2. The average Bonchev–Trinajstić information content (AvgIpc) is 3.41.